The predicted octanol–water partition coefficient (Wildman–Crippen LogP) is 1.48. The van der Waals surface area contributed by atoms with Gasteiger partial charge in [-0.15, -0.1) is 12.4 Å². The second-order valence-corrected chi connectivity index (χ2v) is 2.35. The summed E-state index contributed by atoms with van der Waals surface area (Å²) in [6.07, 6.45) is 3.52. The van der Waals surface area contributed by atoms with E-state index in [9.17, 15) is 0 Å². The van der Waals surface area contributed by atoms with Crippen molar-refractivity contribution in [2.24, 2.45) is 0 Å². The fraction of sp³-hybridized carbons (Fsp3) is 0.125. The van der Waals surface area contributed by atoms with Gasteiger partial charge in [0.25, 0.3) is 0 Å². The van der Waals surface area contributed by atoms with Crippen LogP contribution in [0.2, 0.25) is 0 Å². The van der Waals surface area contributed by atoms with E-state index < -0.39 is 0 Å². The molecule has 2 N–H and O–H groups in total. The lowest BCUT2D eigenvalue weighted by atomic mass is 10.2. The van der Waals surface area contributed by atoms with Gasteiger partial charge < -0.3 is 10.1 Å². The molecule has 0 amide bonds. The average molecular weight is 185 g/mol. The largest absolute Gasteiger partial charge is 0.390 e. The number of fused-ring (bicyclic) bond motifs is 1. The molecule has 0 aliphatic heterocycles. The van der Waals surface area contributed by atoms with E-state index >= 15 is 0 Å². The third kappa shape index (κ3) is 1.29. The number of nitrogens with zero attached hydrogens (tertiary/aromatic N) is 1. The highest BCUT2D eigenvalue weighted by Gasteiger charge is 1.99. The Kier molecular flexibility index (Phi) is 2.68. The molecule has 3 nitrogen and oxygen atoms in total. The lowest BCUT2D eigenvalue weighted by molar-refractivity contribution is 0.278. The van der Waals surface area contributed by atoms with Crippen molar-refractivity contribution in [2.75, 3.05) is 0 Å². The number of aromatic amines is 1. The summed E-state index contributed by atoms with van der Waals surface area (Å²) in [4.78, 5) is 7.07. The number of nitrogens with one attached hydrogen (secondary N) is 1. The Labute approximate surface area is 75.9 Å². The fourth-order valence-electron chi connectivity index (χ4n) is 1.17. The minimum absolute atomic E-state index is 0. The Bertz CT molecular complexity index is 372. The van der Waals surface area contributed by atoms with Crippen LogP contribution in [0.25, 0.3) is 10.9 Å². The van der Waals surface area contributed by atoms with Crippen LogP contribution in [0, 0.1) is 0 Å². The summed E-state index contributed by atoms with van der Waals surface area (Å²) >= 11 is 0. The molecule has 0 atom stereocenters. The van der Waals surface area contributed by atoms with Gasteiger partial charge in [-0.2, -0.15) is 0 Å². The molecule has 0 fully saturated rings. The summed E-state index contributed by atoms with van der Waals surface area (Å²) in [5.41, 5.74) is 1.74. The normalized spacial score (nSPS) is 9.75. The molecule has 12 heavy (non-hydrogen) atoms. The van der Waals surface area contributed by atoms with E-state index in [0.29, 0.717) is 0 Å². The number of hydrogen-bond acceptors (Lipinski definition) is 2. The zero-order valence-electron chi connectivity index (χ0n) is 6.32. The lowest BCUT2D eigenvalue weighted by Crippen LogP contribution is -1.87. The quantitative estimate of drug-likeness (QED) is 0.706. The molecule has 2 aromatic rings. The molecular formula is C8H9ClN2O. The van der Waals surface area contributed by atoms with Crippen molar-refractivity contribution in [1.82, 2.24) is 9.97 Å². The van der Waals surface area contributed by atoms with E-state index in [1.807, 2.05) is 18.3 Å². The molecule has 64 valence electrons. The van der Waals surface area contributed by atoms with Crippen LogP contribution in [-0.2, 0) is 6.61 Å². The second kappa shape index (κ2) is 3.56. The maximum atomic E-state index is 8.88. The van der Waals surface area contributed by atoms with Crippen molar-refractivity contribution in [3.05, 3.63) is 30.2 Å². The molecular weight excluding hydrogens is 176 g/mol. The molecule has 4 heteroatoms. The van der Waals surface area contributed by atoms with E-state index in [1.54, 1.807) is 6.20 Å². The van der Waals surface area contributed by atoms with Crippen LogP contribution in [0.15, 0.2) is 24.5 Å². The number of pyridine rings is 1. The number of aliphatic hydroxyl groups excluding tert-OH is 1. The number of hydrogen-bond donors (Lipinski definition) is 2. The minimum atomic E-state index is -0.00477. The van der Waals surface area contributed by atoms with Crippen LogP contribution in [0.3, 0.4) is 0 Å². The van der Waals surface area contributed by atoms with Crippen molar-refractivity contribution < 1.29 is 5.11 Å². The summed E-state index contributed by atoms with van der Waals surface area (Å²) in [5.74, 6) is 0. The van der Waals surface area contributed by atoms with Crippen LogP contribution >= 0.6 is 12.4 Å². The van der Waals surface area contributed by atoms with Crippen LogP contribution < -0.4 is 0 Å². The molecule has 2 aromatic heterocycles. The molecule has 0 spiro atoms. The molecule has 2 heterocycles. The summed E-state index contributed by atoms with van der Waals surface area (Å²) < 4.78 is 0. The number of H-pyrrole nitrogens is 1. The van der Waals surface area contributed by atoms with Gasteiger partial charge in [0.1, 0.15) is 0 Å². The topological polar surface area (TPSA) is 48.9 Å². The summed E-state index contributed by atoms with van der Waals surface area (Å²) in [6.45, 7) is -0.00477. The van der Waals surface area contributed by atoms with Gasteiger partial charge in [-0.05, 0) is 12.1 Å². The molecule has 0 saturated carbocycles. The Morgan fingerprint density at radius 3 is 3.00 bits per heavy atom. The van der Waals surface area contributed by atoms with E-state index in [-0.39, 0.29) is 19.0 Å². The molecule has 0 radical (unpaired) electrons. The zero-order valence-corrected chi connectivity index (χ0v) is 7.14. The standard InChI is InChI=1S/C8H8N2O.ClH/c11-5-8-6-1-3-9-7(6)2-4-10-8;/h1-4,9,11H,5H2;1H. The molecule has 2 rings (SSSR count). The fourth-order valence-corrected chi connectivity index (χ4v) is 1.17. The maximum Gasteiger partial charge on any atom is 0.0859 e. The average Bonchev–Trinajstić information content (AvgIpc) is 2.50. The van der Waals surface area contributed by atoms with Crippen LogP contribution in [0.4, 0.5) is 0 Å². The van der Waals surface area contributed by atoms with Crippen LogP contribution in [-0.4, -0.2) is 15.1 Å². The van der Waals surface area contributed by atoms with Crippen molar-refractivity contribution >= 4 is 23.3 Å². The van der Waals surface area contributed by atoms with Crippen molar-refractivity contribution in [2.45, 2.75) is 6.61 Å². The van der Waals surface area contributed by atoms with Gasteiger partial charge in [-0.25, -0.2) is 0 Å². The number of aromatic nitrogens is 2. The first-order valence-corrected chi connectivity index (χ1v) is 3.43. The van der Waals surface area contributed by atoms with Crippen molar-refractivity contribution in [1.29, 1.82) is 0 Å². The molecule has 0 saturated heterocycles. The first-order chi connectivity index (χ1) is 5.42. The molecule has 0 unspecified atom stereocenters. The minimum Gasteiger partial charge on any atom is -0.390 e. The van der Waals surface area contributed by atoms with Gasteiger partial charge in [0.15, 0.2) is 0 Å². The van der Waals surface area contributed by atoms with Gasteiger partial charge in [0.2, 0.25) is 0 Å². The summed E-state index contributed by atoms with van der Waals surface area (Å²) in [7, 11) is 0. The van der Waals surface area contributed by atoms with E-state index in [0.717, 1.165) is 16.6 Å². The molecule has 0 aliphatic carbocycles. The highest BCUT2D eigenvalue weighted by molar-refractivity contribution is 5.85. The molecule has 0 aliphatic rings. The monoisotopic (exact) mass is 184 g/mol. The third-order valence-electron chi connectivity index (χ3n) is 1.71. The summed E-state index contributed by atoms with van der Waals surface area (Å²) in [5, 5.41) is 9.87. The summed E-state index contributed by atoms with van der Waals surface area (Å²) in [6, 6.07) is 3.79. The van der Waals surface area contributed by atoms with Gasteiger partial charge in [-0.3, -0.25) is 4.98 Å². The first-order valence-electron chi connectivity index (χ1n) is 3.43. The van der Waals surface area contributed by atoms with E-state index in [4.69, 9.17) is 5.11 Å². The number of halogens is 1. The number of rotatable bonds is 1. The van der Waals surface area contributed by atoms with E-state index in [1.165, 1.54) is 0 Å². The molecule has 0 bridgehead atoms. The maximum absolute atomic E-state index is 8.88. The van der Waals surface area contributed by atoms with Crippen molar-refractivity contribution in [3.63, 3.8) is 0 Å². The van der Waals surface area contributed by atoms with Crippen LogP contribution in [0.5, 0.6) is 0 Å². The van der Waals surface area contributed by atoms with Gasteiger partial charge >= 0.3 is 0 Å². The van der Waals surface area contributed by atoms with E-state index in [2.05, 4.69) is 9.97 Å². The Morgan fingerprint density at radius 2 is 2.25 bits per heavy atom. The lowest BCUT2D eigenvalue weighted by Gasteiger charge is -1.95. The van der Waals surface area contributed by atoms with Gasteiger partial charge in [-0.1, -0.05) is 0 Å². The first kappa shape index (κ1) is 9.03. The van der Waals surface area contributed by atoms with Gasteiger partial charge in [0, 0.05) is 23.3 Å². The van der Waals surface area contributed by atoms with Crippen molar-refractivity contribution in [3.8, 4) is 0 Å². The predicted molar refractivity (Wildman–Crippen MR) is 49.3 cm³/mol. The Hall–Kier alpha value is -1.06. The molecule has 0 aromatic carbocycles. The highest BCUT2D eigenvalue weighted by Crippen LogP contribution is 2.14. The zero-order chi connectivity index (χ0) is 7.68. The third-order valence-corrected chi connectivity index (χ3v) is 1.71. The van der Waals surface area contributed by atoms with Crippen LogP contribution in [0.1, 0.15) is 5.69 Å². The Balaban J connectivity index is 0.000000720. The second-order valence-electron chi connectivity index (χ2n) is 2.35. The smallest absolute Gasteiger partial charge is 0.0859 e. The highest BCUT2D eigenvalue weighted by atomic mass is 35.5. The SMILES string of the molecule is Cl.OCc1nccc2[nH]ccc12. The number of aliphatic hydroxyl groups is 1. The van der Waals surface area contributed by atoms with Gasteiger partial charge in [0.05, 0.1) is 12.3 Å². The Morgan fingerprint density at radius 1 is 1.42 bits per heavy atom.